The van der Waals surface area contributed by atoms with E-state index in [1.54, 1.807) is 24.3 Å². The van der Waals surface area contributed by atoms with Crippen LogP contribution in [-0.4, -0.2) is 20.6 Å². The third-order valence-electron chi connectivity index (χ3n) is 4.87. The molecule has 0 radical (unpaired) electrons. The molecule has 3 rings (SSSR count). The van der Waals surface area contributed by atoms with Gasteiger partial charge in [-0.25, -0.2) is 8.42 Å². The second-order valence-corrected chi connectivity index (χ2v) is 9.34. The van der Waals surface area contributed by atoms with E-state index in [4.69, 9.17) is 0 Å². The normalized spacial score (nSPS) is 15.2. The van der Waals surface area contributed by atoms with E-state index >= 15 is 0 Å². The summed E-state index contributed by atoms with van der Waals surface area (Å²) in [5.41, 5.74) is 5.17. The number of nitrogens with one attached hydrogen (secondary N) is 1. The fraction of sp³-hybridized carbons (Fsp3) is 0.381. The van der Waals surface area contributed by atoms with E-state index in [9.17, 15) is 13.2 Å². The Morgan fingerprint density at radius 1 is 1.04 bits per heavy atom. The topological polar surface area (TPSA) is 63.2 Å². The number of fused-ring (bicyclic) bond motifs is 1. The average Bonchev–Trinajstić information content (AvgIpc) is 2.60. The van der Waals surface area contributed by atoms with Crippen LogP contribution < -0.4 is 5.32 Å². The first-order valence-electron chi connectivity index (χ1n) is 9.01. The standard InChI is InChI=1S/C21H25NO3S/c1-15(19-12-11-17-5-3-4-6-20(17)13-19)22-21(23)18-9-7-16(8-10-18)14-26(2,24)25/h7-13,15H,3-6,14H2,1-2H3,(H,22,23)/t15-/m0/s1. The van der Waals surface area contributed by atoms with E-state index in [-0.39, 0.29) is 17.7 Å². The summed E-state index contributed by atoms with van der Waals surface area (Å²) in [6, 6.07) is 13.2. The number of amides is 1. The Balaban J connectivity index is 1.67. The summed E-state index contributed by atoms with van der Waals surface area (Å²) in [6.07, 6.45) is 5.96. The molecular weight excluding hydrogens is 346 g/mol. The summed E-state index contributed by atoms with van der Waals surface area (Å²) in [5, 5.41) is 3.03. The Kier molecular flexibility index (Phi) is 5.47. The molecule has 1 atom stereocenters. The van der Waals surface area contributed by atoms with Crippen molar-refractivity contribution in [2.24, 2.45) is 0 Å². The van der Waals surface area contributed by atoms with Crippen LogP contribution in [0.1, 0.15) is 58.4 Å². The van der Waals surface area contributed by atoms with E-state index in [1.165, 1.54) is 30.2 Å². The molecule has 0 unspecified atom stereocenters. The lowest BCUT2D eigenvalue weighted by molar-refractivity contribution is 0.0940. The summed E-state index contributed by atoms with van der Waals surface area (Å²) >= 11 is 0. The molecule has 4 nitrogen and oxygen atoms in total. The molecule has 1 aliphatic rings. The lowest BCUT2D eigenvalue weighted by Crippen LogP contribution is -2.26. The van der Waals surface area contributed by atoms with Gasteiger partial charge in [-0.05, 0) is 67.0 Å². The Hall–Kier alpha value is -2.14. The van der Waals surface area contributed by atoms with Gasteiger partial charge in [0.15, 0.2) is 9.84 Å². The molecule has 0 fully saturated rings. The predicted molar refractivity (Wildman–Crippen MR) is 104 cm³/mol. The Morgan fingerprint density at radius 3 is 2.35 bits per heavy atom. The number of sulfone groups is 1. The van der Waals surface area contributed by atoms with Crippen molar-refractivity contribution in [3.05, 3.63) is 70.3 Å². The molecule has 2 aromatic rings. The molecule has 0 bridgehead atoms. The highest BCUT2D eigenvalue weighted by Gasteiger charge is 2.15. The number of rotatable bonds is 5. The Labute approximate surface area is 155 Å². The van der Waals surface area contributed by atoms with Gasteiger partial charge in [-0.15, -0.1) is 0 Å². The predicted octanol–water partition coefficient (Wildman–Crippen LogP) is 3.60. The van der Waals surface area contributed by atoms with Gasteiger partial charge in [0, 0.05) is 11.8 Å². The second-order valence-electron chi connectivity index (χ2n) is 7.20. The number of hydrogen-bond acceptors (Lipinski definition) is 3. The molecule has 1 amide bonds. The van der Waals surface area contributed by atoms with Crippen LogP contribution in [0.4, 0.5) is 0 Å². The van der Waals surface area contributed by atoms with Gasteiger partial charge >= 0.3 is 0 Å². The number of hydrogen-bond donors (Lipinski definition) is 1. The molecule has 1 aliphatic carbocycles. The minimum Gasteiger partial charge on any atom is -0.346 e. The van der Waals surface area contributed by atoms with Gasteiger partial charge < -0.3 is 5.32 Å². The summed E-state index contributed by atoms with van der Waals surface area (Å²) < 4.78 is 22.7. The number of benzene rings is 2. The lowest BCUT2D eigenvalue weighted by Gasteiger charge is -2.20. The van der Waals surface area contributed by atoms with Gasteiger partial charge in [-0.1, -0.05) is 30.3 Å². The van der Waals surface area contributed by atoms with Gasteiger partial charge in [-0.3, -0.25) is 4.79 Å². The van der Waals surface area contributed by atoms with E-state index in [2.05, 4.69) is 23.5 Å². The van der Waals surface area contributed by atoms with Crippen LogP contribution in [0.2, 0.25) is 0 Å². The summed E-state index contributed by atoms with van der Waals surface area (Å²) in [6.45, 7) is 1.99. The van der Waals surface area contributed by atoms with Gasteiger partial charge in [-0.2, -0.15) is 0 Å². The molecule has 0 aliphatic heterocycles. The third kappa shape index (κ3) is 4.73. The van der Waals surface area contributed by atoms with E-state index in [1.807, 2.05) is 6.92 Å². The first-order chi connectivity index (χ1) is 12.3. The highest BCUT2D eigenvalue weighted by molar-refractivity contribution is 7.89. The molecule has 138 valence electrons. The van der Waals surface area contributed by atoms with Crippen LogP contribution in [0.3, 0.4) is 0 Å². The second kappa shape index (κ2) is 7.62. The van der Waals surface area contributed by atoms with E-state index in [0.717, 1.165) is 18.4 Å². The van der Waals surface area contributed by atoms with Crippen LogP contribution in [0.15, 0.2) is 42.5 Å². The maximum Gasteiger partial charge on any atom is 0.251 e. The van der Waals surface area contributed by atoms with Gasteiger partial charge in [0.25, 0.3) is 5.91 Å². The minimum atomic E-state index is -3.07. The smallest absolute Gasteiger partial charge is 0.251 e. The molecule has 0 spiro atoms. The number of carbonyl (C=O) groups excluding carboxylic acids is 1. The molecule has 0 aromatic heterocycles. The zero-order valence-corrected chi connectivity index (χ0v) is 16.1. The zero-order chi connectivity index (χ0) is 18.7. The largest absolute Gasteiger partial charge is 0.346 e. The van der Waals surface area contributed by atoms with Crippen LogP contribution in [0.25, 0.3) is 0 Å². The maximum atomic E-state index is 12.5. The number of aryl methyl sites for hydroxylation is 2. The fourth-order valence-corrected chi connectivity index (χ4v) is 4.24. The summed E-state index contributed by atoms with van der Waals surface area (Å²) in [4.78, 5) is 12.5. The van der Waals surface area contributed by atoms with Crippen LogP contribution in [-0.2, 0) is 28.4 Å². The Bertz CT molecular complexity index is 901. The van der Waals surface area contributed by atoms with Crippen molar-refractivity contribution in [2.45, 2.75) is 44.4 Å². The van der Waals surface area contributed by atoms with Crippen LogP contribution in [0.5, 0.6) is 0 Å². The highest BCUT2D eigenvalue weighted by Crippen LogP contribution is 2.25. The van der Waals surface area contributed by atoms with Crippen molar-refractivity contribution in [1.82, 2.24) is 5.32 Å². The van der Waals surface area contributed by atoms with Crippen molar-refractivity contribution >= 4 is 15.7 Å². The minimum absolute atomic E-state index is 0.0135. The van der Waals surface area contributed by atoms with Crippen molar-refractivity contribution in [1.29, 1.82) is 0 Å². The van der Waals surface area contributed by atoms with Crippen molar-refractivity contribution < 1.29 is 13.2 Å². The molecule has 26 heavy (non-hydrogen) atoms. The molecule has 1 N–H and O–H groups in total. The first kappa shape index (κ1) is 18.6. The molecule has 2 aromatic carbocycles. The van der Waals surface area contributed by atoms with Gasteiger partial charge in [0.05, 0.1) is 11.8 Å². The third-order valence-corrected chi connectivity index (χ3v) is 5.72. The van der Waals surface area contributed by atoms with Crippen LogP contribution >= 0.6 is 0 Å². The first-order valence-corrected chi connectivity index (χ1v) is 11.1. The quantitative estimate of drug-likeness (QED) is 0.873. The average molecular weight is 372 g/mol. The molecule has 0 heterocycles. The zero-order valence-electron chi connectivity index (χ0n) is 15.3. The maximum absolute atomic E-state index is 12.5. The van der Waals surface area contributed by atoms with E-state index < -0.39 is 9.84 Å². The molecule has 0 saturated carbocycles. The Morgan fingerprint density at radius 2 is 1.69 bits per heavy atom. The monoisotopic (exact) mass is 371 g/mol. The molecular formula is C21H25NO3S. The number of carbonyl (C=O) groups is 1. The highest BCUT2D eigenvalue weighted by atomic mass is 32.2. The summed E-state index contributed by atoms with van der Waals surface area (Å²) in [5.74, 6) is -0.165. The fourth-order valence-electron chi connectivity index (χ4n) is 3.44. The van der Waals surface area contributed by atoms with E-state index in [0.29, 0.717) is 11.1 Å². The van der Waals surface area contributed by atoms with Gasteiger partial charge in [0.1, 0.15) is 0 Å². The van der Waals surface area contributed by atoms with Crippen molar-refractivity contribution in [3.63, 3.8) is 0 Å². The lowest BCUT2D eigenvalue weighted by atomic mass is 9.89. The van der Waals surface area contributed by atoms with Crippen molar-refractivity contribution in [2.75, 3.05) is 6.26 Å². The molecule has 0 saturated heterocycles. The summed E-state index contributed by atoms with van der Waals surface area (Å²) in [7, 11) is -3.07. The van der Waals surface area contributed by atoms with Crippen molar-refractivity contribution in [3.8, 4) is 0 Å². The van der Waals surface area contributed by atoms with Gasteiger partial charge in [0.2, 0.25) is 0 Å². The van der Waals surface area contributed by atoms with Crippen LogP contribution in [0, 0.1) is 0 Å². The molecule has 5 heteroatoms. The SMILES string of the molecule is C[C@H](NC(=O)c1ccc(CS(C)(=O)=O)cc1)c1ccc2c(c1)CCCC2.